The van der Waals surface area contributed by atoms with E-state index in [9.17, 15) is 9.90 Å². The maximum absolute atomic E-state index is 12.7. The fourth-order valence-electron chi connectivity index (χ4n) is 6.33. The van der Waals surface area contributed by atoms with Crippen molar-refractivity contribution in [2.24, 2.45) is 11.8 Å². The molecule has 0 unspecified atom stereocenters. The molecule has 0 aromatic heterocycles. The molecule has 2 aliphatic heterocycles. The van der Waals surface area contributed by atoms with Crippen LogP contribution in [0.15, 0.2) is 18.2 Å². The van der Waals surface area contributed by atoms with Gasteiger partial charge in [-0.2, -0.15) is 0 Å². The number of anilines is 1. The van der Waals surface area contributed by atoms with Crippen LogP contribution in [-0.4, -0.2) is 60.9 Å². The average molecular weight is 457 g/mol. The highest BCUT2D eigenvalue weighted by Crippen LogP contribution is 2.41. The standard InChI is InChI=1S/C27H40N2O4/c30-25(27(31)12-2-1-3-13-27)19-22-9-7-21(8-10-22)11-14-28-15-17-29(18-16-28)23-5-4-6-24-26(23)33-20-32-24/h4-6,21-22,31H,1-3,7-20H2. The summed E-state index contributed by atoms with van der Waals surface area (Å²) in [7, 11) is 0. The minimum Gasteiger partial charge on any atom is -0.454 e. The van der Waals surface area contributed by atoms with Gasteiger partial charge in [-0.1, -0.05) is 38.2 Å². The van der Waals surface area contributed by atoms with Gasteiger partial charge in [0.05, 0.1) is 5.69 Å². The number of piperazine rings is 1. The van der Waals surface area contributed by atoms with E-state index in [1.807, 2.05) is 6.07 Å². The van der Waals surface area contributed by atoms with Crippen molar-refractivity contribution in [2.45, 2.75) is 76.2 Å². The number of para-hydroxylation sites is 1. The fourth-order valence-corrected chi connectivity index (χ4v) is 6.33. The van der Waals surface area contributed by atoms with E-state index < -0.39 is 5.60 Å². The zero-order valence-corrected chi connectivity index (χ0v) is 20.0. The molecule has 2 saturated carbocycles. The Bertz CT molecular complexity index is 806. The van der Waals surface area contributed by atoms with Gasteiger partial charge in [-0.15, -0.1) is 0 Å². The number of Topliss-reactive ketones (excluding diaryl/α,β-unsaturated/α-hetero) is 1. The Labute approximate surface area is 198 Å². The number of hydrogen-bond donors (Lipinski definition) is 1. The average Bonchev–Trinajstić information content (AvgIpc) is 3.34. The van der Waals surface area contributed by atoms with Gasteiger partial charge in [0.1, 0.15) is 5.60 Å². The lowest BCUT2D eigenvalue weighted by Crippen LogP contribution is -2.47. The Morgan fingerprint density at radius 3 is 2.45 bits per heavy atom. The van der Waals surface area contributed by atoms with Gasteiger partial charge in [0.25, 0.3) is 0 Å². The van der Waals surface area contributed by atoms with Crippen molar-refractivity contribution in [3.63, 3.8) is 0 Å². The molecule has 0 atom stereocenters. The molecule has 1 saturated heterocycles. The Morgan fingerprint density at radius 1 is 0.970 bits per heavy atom. The normalized spacial score (nSPS) is 27.5. The summed E-state index contributed by atoms with van der Waals surface area (Å²) < 4.78 is 11.2. The zero-order valence-electron chi connectivity index (χ0n) is 20.0. The summed E-state index contributed by atoms with van der Waals surface area (Å²) in [6.07, 6.45) is 11.2. The van der Waals surface area contributed by atoms with E-state index in [0.29, 0.717) is 32.0 Å². The smallest absolute Gasteiger partial charge is 0.231 e. The lowest BCUT2D eigenvalue weighted by atomic mass is 9.74. The van der Waals surface area contributed by atoms with Gasteiger partial charge in [-0.25, -0.2) is 0 Å². The van der Waals surface area contributed by atoms with E-state index >= 15 is 0 Å². The van der Waals surface area contributed by atoms with E-state index in [4.69, 9.17) is 9.47 Å². The Morgan fingerprint density at radius 2 is 1.70 bits per heavy atom. The number of carbonyl (C=O) groups is 1. The Kier molecular flexibility index (Phi) is 7.12. The molecular weight excluding hydrogens is 416 g/mol. The molecular formula is C27H40N2O4. The van der Waals surface area contributed by atoms with E-state index in [-0.39, 0.29) is 5.78 Å². The highest BCUT2D eigenvalue weighted by molar-refractivity contribution is 5.87. The van der Waals surface area contributed by atoms with Crippen molar-refractivity contribution in [1.29, 1.82) is 0 Å². The second kappa shape index (κ2) is 10.2. The van der Waals surface area contributed by atoms with Gasteiger partial charge in [0.15, 0.2) is 17.3 Å². The van der Waals surface area contributed by atoms with Crippen molar-refractivity contribution in [2.75, 3.05) is 44.4 Å². The van der Waals surface area contributed by atoms with Crippen molar-refractivity contribution in [3.05, 3.63) is 18.2 Å². The molecule has 2 aliphatic carbocycles. The summed E-state index contributed by atoms with van der Waals surface area (Å²) in [4.78, 5) is 17.7. The van der Waals surface area contributed by atoms with Crippen molar-refractivity contribution in [1.82, 2.24) is 4.90 Å². The molecule has 1 aromatic carbocycles. The third-order valence-electron chi connectivity index (χ3n) is 8.58. The molecule has 0 bridgehead atoms. The summed E-state index contributed by atoms with van der Waals surface area (Å²) in [5, 5.41) is 10.7. The first kappa shape index (κ1) is 23.0. The minimum absolute atomic E-state index is 0.129. The number of aliphatic hydroxyl groups is 1. The number of carbonyl (C=O) groups excluding carboxylic acids is 1. The molecule has 0 amide bonds. The summed E-state index contributed by atoms with van der Waals surface area (Å²) in [6.45, 7) is 5.73. The third kappa shape index (κ3) is 5.32. The molecule has 0 radical (unpaired) electrons. The van der Waals surface area contributed by atoms with Crippen LogP contribution < -0.4 is 14.4 Å². The lowest BCUT2D eigenvalue weighted by Gasteiger charge is -2.37. The van der Waals surface area contributed by atoms with E-state index in [0.717, 1.165) is 81.4 Å². The van der Waals surface area contributed by atoms with Gasteiger partial charge < -0.3 is 19.5 Å². The summed E-state index contributed by atoms with van der Waals surface area (Å²) in [5.74, 6) is 3.17. The van der Waals surface area contributed by atoms with E-state index in [1.165, 1.54) is 25.8 Å². The maximum Gasteiger partial charge on any atom is 0.231 e. The molecule has 5 rings (SSSR count). The first-order valence-electron chi connectivity index (χ1n) is 13.2. The molecule has 0 spiro atoms. The lowest BCUT2D eigenvalue weighted by molar-refractivity contribution is -0.141. The SMILES string of the molecule is O=C(CC1CCC(CCN2CCN(c3cccc4c3OCO4)CC2)CC1)C1(O)CCCCC1. The molecule has 2 heterocycles. The summed E-state index contributed by atoms with van der Waals surface area (Å²) in [5.41, 5.74) is 0.159. The van der Waals surface area contributed by atoms with Crippen LogP contribution in [0.3, 0.4) is 0 Å². The number of rotatable bonds is 7. The van der Waals surface area contributed by atoms with Crippen LogP contribution in [-0.2, 0) is 4.79 Å². The minimum atomic E-state index is -1.00. The first-order valence-corrected chi connectivity index (χ1v) is 13.2. The van der Waals surface area contributed by atoms with Gasteiger partial charge in [0, 0.05) is 32.6 Å². The van der Waals surface area contributed by atoms with Crippen LogP contribution >= 0.6 is 0 Å². The van der Waals surface area contributed by atoms with Crippen molar-refractivity contribution < 1.29 is 19.4 Å². The topological polar surface area (TPSA) is 62.2 Å². The molecule has 1 N–H and O–H groups in total. The number of fused-ring (bicyclic) bond motifs is 1. The van der Waals surface area contributed by atoms with Crippen LogP contribution in [0.1, 0.15) is 70.6 Å². The molecule has 4 aliphatic rings. The molecule has 1 aromatic rings. The second-order valence-corrected chi connectivity index (χ2v) is 10.7. The maximum atomic E-state index is 12.7. The first-order chi connectivity index (χ1) is 16.1. The monoisotopic (exact) mass is 456 g/mol. The molecule has 3 fully saturated rings. The quantitative estimate of drug-likeness (QED) is 0.657. The van der Waals surface area contributed by atoms with Crippen LogP contribution in [0, 0.1) is 11.8 Å². The molecule has 6 heteroatoms. The fraction of sp³-hybridized carbons (Fsp3) is 0.741. The Hall–Kier alpha value is -1.79. The van der Waals surface area contributed by atoms with Crippen LogP contribution in [0.2, 0.25) is 0 Å². The number of ether oxygens (including phenoxy) is 2. The number of nitrogens with zero attached hydrogens (tertiary/aromatic N) is 2. The van der Waals surface area contributed by atoms with Gasteiger partial charge >= 0.3 is 0 Å². The van der Waals surface area contributed by atoms with Gasteiger partial charge in [0.2, 0.25) is 6.79 Å². The van der Waals surface area contributed by atoms with Gasteiger partial charge in [-0.05, 0) is 62.6 Å². The second-order valence-electron chi connectivity index (χ2n) is 10.7. The predicted molar refractivity (Wildman–Crippen MR) is 129 cm³/mol. The third-order valence-corrected chi connectivity index (χ3v) is 8.58. The Balaban J connectivity index is 1.01. The largest absolute Gasteiger partial charge is 0.454 e. The van der Waals surface area contributed by atoms with Gasteiger partial charge in [-0.3, -0.25) is 9.69 Å². The van der Waals surface area contributed by atoms with Crippen molar-refractivity contribution in [3.8, 4) is 11.5 Å². The molecule has 33 heavy (non-hydrogen) atoms. The number of hydrogen-bond acceptors (Lipinski definition) is 6. The predicted octanol–water partition coefficient (Wildman–Crippen LogP) is 4.39. The summed E-state index contributed by atoms with van der Waals surface area (Å²) in [6, 6.07) is 6.17. The van der Waals surface area contributed by atoms with E-state index in [2.05, 4.69) is 21.9 Å². The number of benzene rings is 1. The van der Waals surface area contributed by atoms with Crippen LogP contribution in [0.25, 0.3) is 0 Å². The van der Waals surface area contributed by atoms with Crippen LogP contribution in [0.5, 0.6) is 11.5 Å². The van der Waals surface area contributed by atoms with Crippen molar-refractivity contribution >= 4 is 11.5 Å². The van der Waals surface area contributed by atoms with Crippen LogP contribution in [0.4, 0.5) is 5.69 Å². The highest BCUT2D eigenvalue weighted by atomic mass is 16.7. The number of ketones is 1. The molecule has 182 valence electrons. The highest BCUT2D eigenvalue weighted by Gasteiger charge is 2.38. The summed E-state index contributed by atoms with van der Waals surface area (Å²) >= 11 is 0. The molecule has 6 nitrogen and oxygen atoms in total. The van der Waals surface area contributed by atoms with E-state index in [1.54, 1.807) is 0 Å². The zero-order chi connectivity index (χ0) is 22.7.